The summed E-state index contributed by atoms with van der Waals surface area (Å²) < 4.78 is 27.2. The minimum atomic E-state index is -4.01. The number of rotatable bonds is 7. The van der Waals surface area contributed by atoms with E-state index in [0.29, 0.717) is 0 Å². The van der Waals surface area contributed by atoms with Crippen molar-refractivity contribution in [1.29, 1.82) is 0 Å². The van der Waals surface area contributed by atoms with Crippen molar-refractivity contribution in [2.45, 2.75) is 50.6 Å². The molecule has 1 saturated carbocycles. The number of nitrogens with zero attached hydrogens (tertiary/aromatic N) is 1. The molecule has 20 heavy (non-hydrogen) atoms. The number of carbonyl (C=O) groups is 2. The van der Waals surface area contributed by atoms with Gasteiger partial charge in [-0.05, 0) is 12.8 Å². The van der Waals surface area contributed by atoms with Crippen LogP contribution < -0.4 is 4.72 Å². The largest absolute Gasteiger partial charge is 0.481 e. The molecule has 116 valence electrons. The minimum absolute atomic E-state index is 0.166. The zero-order chi connectivity index (χ0) is 15.3. The first-order valence-electron chi connectivity index (χ1n) is 6.44. The molecule has 0 radical (unpaired) electrons. The van der Waals surface area contributed by atoms with Crippen LogP contribution in [0.3, 0.4) is 0 Å². The van der Waals surface area contributed by atoms with Gasteiger partial charge in [-0.15, -0.1) is 0 Å². The first-order chi connectivity index (χ1) is 9.24. The molecule has 0 aliphatic heterocycles. The fraction of sp³-hybridized carbons (Fsp3) is 0.818. The molecule has 0 aromatic carbocycles. The summed E-state index contributed by atoms with van der Waals surface area (Å²) in [5.41, 5.74) is 0. The van der Waals surface area contributed by atoms with Gasteiger partial charge in [0.05, 0.1) is 6.42 Å². The molecule has 1 aliphatic carbocycles. The molecule has 0 heterocycles. The lowest BCUT2D eigenvalue weighted by Gasteiger charge is -2.31. The van der Waals surface area contributed by atoms with Crippen LogP contribution >= 0.6 is 0 Å². The average Bonchev–Trinajstić information content (AvgIpc) is 2.37. The number of carboxylic acids is 2. The summed E-state index contributed by atoms with van der Waals surface area (Å²) in [4.78, 5) is 21.5. The molecule has 0 aromatic heterocycles. The van der Waals surface area contributed by atoms with Crippen molar-refractivity contribution in [3.05, 3.63) is 0 Å². The molecule has 9 heteroatoms. The molecule has 0 saturated heterocycles. The van der Waals surface area contributed by atoms with Crippen LogP contribution in [0.1, 0.15) is 38.5 Å². The van der Waals surface area contributed by atoms with E-state index >= 15 is 0 Å². The molecule has 0 aromatic rings. The van der Waals surface area contributed by atoms with Crippen molar-refractivity contribution in [2.24, 2.45) is 0 Å². The van der Waals surface area contributed by atoms with Crippen LogP contribution in [0.5, 0.6) is 0 Å². The Kier molecular flexibility index (Phi) is 5.90. The van der Waals surface area contributed by atoms with Gasteiger partial charge < -0.3 is 10.2 Å². The van der Waals surface area contributed by atoms with Gasteiger partial charge in [0.25, 0.3) is 10.2 Å². The van der Waals surface area contributed by atoms with Crippen LogP contribution in [-0.2, 0) is 19.8 Å². The van der Waals surface area contributed by atoms with Gasteiger partial charge in [-0.25, -0.2) is 0 Å². The van der Waals surface area contributed by atoms with Crippen LogP contribution in [0.4, 0.5) is 0 Å². The fourth-order valence-corrected chi connectivity index (χ4v) is 3.57. The Morgan fingerprint density at radius 1 is 1.25 bits per heavy atom. The standard InChI is InChI=1S/C11H20N2O6S/c1-13(8-5-3-2-4-6-8)20(18,19)12-9(11(16)17)7-10(14)15/h8-9,12H,2-7H2,1H3,(H,14,15)(H,16,17). The molecule has 1 fully saturated rings. The van der Waals surface area contributed by atoms with E-state index in [9.17, 15) is 18.0 Å². The quantitative estimate of drug-likeness (QED) is 0.609. The molecule has 0 bridgehead atoms. The topological polar surface area (TPSA) is 124 Å². The predicted octanol–water partition coefficient (Wildman–Crippen LogP) is 0.0132. The molecule has 3 N–H and O–H groups in total. The van der Waals surface area contributed by atoms with Gasteiger partial charge in [0.15, 0.2) is 0 Å². The number of aliphatic carboxylic acids is 2. The first kappa shape index (κ1) is 16.9. The Balaban J connectivity index is 2.75. The number of hydrogen-bond acceptors (Lipinski definition) is 4. The molecule has 1 unspecified atom stereocenters. The smallest absolute Gasteiger partial charge is 0.322 e. The van der Waals surface area contributed by atoms with Gasteiger partial charge in [-0.3, -0.25) is 9.59 Å². The van der Waals surface area contributed by atoms with E-state index in [1.165, 1.54) is 7.05 Å². The van der Waals surface area contributed by atoms with Crippen LogP contribution in [-0.4, -0.2) is 54.0 Å². The summed E-state index contributed by atoms with van der Waals surface area (Å²) in [7, 11) is -2.62. The summed E-state index contributed by atoms with van der Waals surface area (Å²) in [6.07, 6.45) is 3.59. The van der Waals surface area contributed by atoms with Gasteiger partial charge in [0, 0.05) is 13.1 Å². The predicted molar refractivity (Wildman–Crippen MR) is 70.4 cm³/mol. The van der Waals surface area contributed by atoms with Crippen molar-refractivity contribution >= 4 is 22.1 Å². The lowest BCUT2D eigenvalue weighted by atomic mass is 9.96. The average molecular weight is 308 g/mol. The van der Waals surface area contributed by atoms with Crippen molar-refractivity contribution in [2.75, 3.05) is 7.05 Å². The summed E-state index contributed by atoms with van der Waals surface area (Å²) in [6.45, 7) is 0. The zero-order valence-electron chi connectivity index (χ0n) is 11.3. The van der Waals surface area contributed by atoms with E-state index in [4.69, 9.17) is 10.2 Å². The van der Waals surface area contributed by atoms with Crippen molar-refractivity contribution in [3.63, 3.8) is 0 Å². The van der Waals surface area contributed by atoms with E-state index in [-0.39, 0.29) is 6.04 Å². The highest BCUT2D eigenvalue weighted by atomic mass is 32.2. The number of nitrogens with one attached hydrogen (secondary N) is 1. The van der Waals surface area contributed by atoms with E-state index in [1.807, 2.05) is 4.72 Å². The first-order valence-corrected chi connectivity index (χ1v) is 7.88. The van der Waals surface area contributed by atoms with Gasteiger partial charge >= 0.3 is 11.9 Å². The summed E-state index contributed by atoms with van der Waals surface area (Å²) >= 11 is 0. The normalized spacial score (nSPS) is 18.9. The van der Waals surface area contributed by atoms with Crippen molar-refractivity contribution in [1.82, 2.24) is 9.03 Å². The van der Waals surface area contributed by atoms with E-state index in [2.05, 4.69) is 0 Å². The van der Waals surface area contributed by atoms with E-state index < -0.39 is 34.6 Å². The van der Waals surface area contributed by atoms with Gasteiger partial charge in [-0.2, -0.15) is 17.4 Å². The fourth-order valence-electron chi connectivity index (χ4n) is 2.26. The maximum Gasteiger partial charge on any atom is 0.322 e. The second-order valence-electron chi connectivity index (χ2n) is 4.92. The second-order valence-corrected chi connectivity index (χ2v) is 6.68. The summed E-state index contributed by atoms with van der Waals surface area (Å²) in [5, 5.41) is 17.5. The van der Waals surface area contributed by atoms with E-state index in [1.54, 1.807) is 0 Å². The third-order valence-corrected chi connectivity index (χ3v) is 5.07. The highest BCUT2D eigenvalue weighted by Crippen LogP contribution is 2.23. The number of carboxylic acid groups (broad SMARTS) is 2. The Labute approximate surface area is 118 Å². The SMILES string of the molecule is CN(C1CCCCC1)S(=O)(=O)NC(CC(=O)O)C(=O)O. The monoisotopic (exact) mass is 308 g/mol. The molecule has 8 nitrogen and oxygen atoms in total. The Morgan fingerprint density at radius 3 is 2.25 bits per heavy atom. The number of hydrogen-bond donors (Lipinski definition) is 3. The lowest BCUT2D eigenvalue weighted by molar-refractivity contribution is -0.145. The summed E-state index contributed by atoms with van der Waals surface area (Å²) in [6, 6.07) is -1.83. The zero-order valence-corrected chi connectivity index (χ0v) is 12.1. The van der Waals surface area contributed by atoms with Crippen molar-refractivity contribution in [3.8, 4) is 0 Å². The van der Waals surface area contributed by atoms with Gasteiger partial charge in [0.2, 0.25) is 0 Å². The van der Waals surface area contributed by atoms with Crippen LogP contribution in [0, 0.1) is 0 Å². The highest BCUT2D eigenvalue weighted by molar-refractivity contribution is 7.87. The lowest BCUT2D eigenvalue weighted by Crippen LogP contribution is -2.51. The van der Waals surface area contributed by atoms with Crippen LogP contribution in [0.2, 0.25) is 0 Å². The van der Waals surface area contributed by atoms with Crippen molar-refractivity contribution < 1.29 is 28.2 Å². The maximum absolute atomic E-state index is 12.1. The second kappa shape index (κ2) is 7.00. The molecular weight excluding hydrogens is 288 g/mol. The molecule has 1 rings (SSSR count). The van der Waals surface area contributed by atoms with Gasteiger partial charge in [-0.1, -0.05) is 19.3 Å². The highest BCUT2D eigenvalue weighted by Gasteiger charge is 2.32. The van der Waals surface area contributed by atoms with Crippen LogP contribution in [0.15, 0.2) is 0 Å². The summed E-state index contributed by atoms with van der Waals surface area (Å²) in [5.74, 6) is -2.88. The minimum Gasteiger partial charge on any atom is -0.481 e. The van der Waals surface area contributed by atoms with E-state index in [0.717, 1.165) is 36.4 Å². The third-order valence-electron chi connectivity index (χ3n) is 3.44. The molecule has 1 aliphatic rings. The Morgan fingerprint density at radius 2 is 1.80 bits per heavy atom. The molecule has 0 spiro atoms. The Bertz CT molecular complexity index is 458. The molecule has 0 amide bonds. The third kappa shape index (κ3) is 4.73. The Hall–Kier alpha value is -1.19. The molecular formula is C11H20N2O6S. The van der Waals surface area contributed by atoms with Crippen LogP contribution in [0.25, 0.3) is 0 Å². The molecule has 1 atom stereocenters. The van der Waals surface area contributed by atoms with Gasteiger partial charge in [0.1, 0.15) is 6.04 Å². The maximum atomic E-state index is 12.1.